The average Bonchev–Trinajstić information content (AvgIpc) is 2.56. The minimum absolute atomic E-state index is 0.133. The molecular weight excluding hydrogens is 256 g/mol. The zero-order valence-electron chi connectivity index (χ0n) is 11.5. The number of esters is 2. The van der Waals surface area contributed by atoms with Crippen LogP contribution in [0.25, 0.3) is 0 Å². The number of rotatable bonds is 8. The molecule has 1 heterocycles. The molecule has 0 amide bonds. The van der Waals surface area contributed by atoms with Crippen LogP contribution < -0.4 is 0 Å². The van der Waals surface area contributed by atoms with Crippen LogP contribution >= 0.6 is 0 Å². The van der Waals surface area contributed by atoms with Gasteiger partial charge in [-0.3, -0.25) is 4.79 Å². The quantitative estimate of drug-likeness (QED) is 0.464. The third-order valence-corrected chi connectivity index (χ3v) is 2.31. The van der Waals surface area contributed by atoms with Gasteiger partial charge in [0.15, 0.2) is 6.10 Å². The van der Waals surface area contributed by atoms with Gasteiger partial charge < -0.3 is 23.7 Å². The number of hydrogen-bond acceptors (Lipinski definition) is 7. The fourth-order valence-corrected chi connectivity index (χ4v) is 1.52. The molecule has 1 saturated heterocycles. The van der Waals surface area contributed by atoms with Crippen molar-refractivity contribution < 1.29 is 33.3 Å². The van der Waals surface area contributed by atoms with Crippen molar-refractivity contribution in [2.24, 2.45) is 0 Å². The Morgan fingerprint density at radius 3 is 2.53 bits per heavy atom. The van der Waals surface area contributed by atoms with Gasteiger partial charge in [-0.05, 0) is 0 Å². The first-order valence-electron chi connectivity index (χ1n) is 6.07. The Balaban J connectivity index is 2.13. The lowest BCUT2D eigenvalue weighted by atomic mass is 10.2. The topological polar surface area (TPSA) is 80.3 Å². The first-order chi connectivity index (χ1) is 8.94. The van der Waals surface area contributed by atoms with Gasteiger partial charge >= 0.3 is 11.9 Å². The molecule has 0 spiro atoms. The summed E-state index contributed by atoms with van der Waals surface area (Å²) >= 11 is 0. The lowest BCUT2D eigenvalue weighted by Gasteiger charge is -2.14. The molecule has 0 saturated carbocycles. The second kappa shape index (κ2) is 7.42. The lowest BCUT2D eigenvalue weighted by Crippen LogP contribution is -2.24. The van der Waals surface area contributed by atoms with E-state index in [0.29, 0.717) is 13.2 Å². The Hall–Kier alpha value is -1.18. The molecule has 1 aliphatic heterocycles. The van der Waals surface area contributed by atoms with Crippen molar-refractivity contribution in [1.82, 2.24) is 0 Å². The van der Waals surface area contributed by atoms with Crippen molar-refractivity contribution in [2.45, 2.75) is 32.2 Å². The summed E-state index contributed by atoms with van der Waals surface area (Å²) in [6.45, 7) is 4.58. The summed E-state index contributed by atoms with van der Waals surface area (Å²) in [4.78, 5) is 22.8. The molecule has 1 aliphatic rings. The van der Waals surface area contributed by atoms with E-state index in [1.807, 2.05) is 0 Å². The Morgan fingerprint density at radius 2 is 1.95 bits per heavy atom. The molecule has 1 atom stereocenters. The van der Waals surface area contributed by atoms with E-state index in [0.717, 1.165) is 0 Å². The van der Waals surface area contributed by atoms with Gasteiger partial charge in [-0.25, -0.2) is 4.79 Å². The fourth-order valence-electron chi connectivity index (χ4n) is 1.52. The lowest BCUT2D eigenvalue weighted by molar-refractivity contribution is -0.161. The molecule has 0 bridgehead atoms. The standard InChI is InChI=1S/C12H20O7/c1-12(2)18-9(11(14)19-12)8-10(13)17-7-6-16-5-4-15-3/h9H,4-8H2,1-3H3/t9-/m1/s1. The van der Waals surface area contributed by atoms with E-state index in [2.05, 4.69) is 0 Å². The maximum Gasteiger partial charge on any atom is 0.338 e. The highest BCUT2D eigenvalue weighted by atomic mass is 16.8. The molecule has 0 aromatic heterocycles. The van der Waals surface area contributed by atoms with E-state index in [1.165, 1.54) is 0 Å². The number of cyclic esters (lactones) is 1. The summed E-state index contributed by atoms with van der Waals surface area (Å²) in [6.07, 6.45) is -1.04. The first-order valence-corrected chi connectivity index (χ1v) is 6.07. The minimum Gasteiger partial charge on any atom is -0.463 e. The third-order valence-electron chi connectivity index (χ3n) is 2.31. The van der Waals surface area contributed by atoms with Crippen LogP contribution in [0.5, 0.6) is 0 Å². The van der Waals surface area contributed by atoms with Gasteiger partial charge in [0.05, 0.1) is 26.2 Å². The van der Waals surface area contributed by atoms with Crippen LogP contribution in [0.4, 0.5) is 0 Å². The van der Waals surface area contributed by atoms with E-state index in [4.69, 9.17) is 23.7 Å². The molecule has 0 aliphatic carbocycles. The van der Waals surface area contributed by atoms with Crippen LogP contribution in [0.1, 0.15) is 20.3 Å². The SMILES string of the molecule is COCCOCCOC(=O)C[C@H]1OC(C)(C)OC1=O. The van der Waals surface area contributed by atoms with Gasteiger partial charge in [-0.15, -0.1) is 0 Å². The summed E-state index contributed by atoms with van der Waals surface area (Å²) in [6, 6.07) is 0. The largest absolute Gasteiger partial charge is 0.463 e. The van der Waals surface area contributed by atoms with Crippen molar-refractivity contribution in [3.8, 4) is 0 Å². The normalized spacial score (nSPS) is 21.2. The Labute approximate surface area is 112 Å². The van der Waals surface area contributed by atoms with Gasteiger partial charge in [0.25, 0.3) is 0 Å². The van der Waals surface area contributed by atoms with E-state index in [-0.39, 0.29) is 19.6 Å². The minimum atomic E-state index is -0.981. The van der Waals surface area contributed by atoms with Gasteiger partial charge in [0.1, 0.15) is 6.61 Å². The molecule has 1 fully saturated rings. The summed E-state index contributed by atoms with van der Waals surface area (Å²) in [7, 11) is 1.57. The Morgan fingerprint density at radius 1 is 1.26 bits per heavy atom. The highest BCUT2D eigenvalue weighted by Gasteiger charge is 2.42. The molecule has 0 radical (unpaired) electrons. The molecule has 7 heteroatoms. The van der Waals surface area contributed by atoms with E-state index < -0.39 is 23.8 Å². The number of hydrogen-bond donors (Lipinski definition) is 0. The summed E-state index contributed by atoms with van der Waals surface area (Å²) in [5, 5.41) is 0. The summed E-state index contributed by atoms with van der Waals surface area (Å²) in [5.41, 5.74) is 0. The Kier molecular flexibility index (Phi) is 6.20. The third kappa shape index (κ3) is 6.00. The first kappa shape index (κ1) is 15.9. The zero-order chi connectivity index (χ0) is 14.3. The number of methoxy groups -OCH3 is 1. The molecule has 110 valence electrons. The van der Waals surface area contributed by atoms with E-state index >= 15 is 0 Å². The van der Waals surface area contributed by atoms with Gasteiger partial charge in [0.2, 0.25) is 5.79 Å². The van der Waals surface area contributed by atoms with Gasteiger partial charge in [0, 0.05) is 21.0 Å². The molecule has 0 N–H and O–H groups in total. The second-order valence-electron chi connectivity index (χ2n) is 4.46. The van der Waals surface area contributed by atoms with Crippen LogP contribution in [-0.2, 0) is 33.3 Å². The van der Waals surface area contributed by atoms with Crippen LogP contribution in [0, 0.1) is 0 Å². The summed E-state index contributed by atoms with van der Waals surface area (Å²) in [5.74, 6) is -2.04. The van der Waals surface area contributed by atoms with Crippen LogP contribution in [0.15, 0.2) is 0 Å². The zero-order valence-corrected chi connectivity index (χ0v) is 11.5. The molecular formula is C12H20O7. The maximum absolute atomic E-state index is 11.5. The molecule has 0 aromatic carbocycles. The van der Waals surface area contributed by atoms with Crippen molar-refractivity contribution in [3.05, 3.63) is 0 Å². The van der Waals surface area contributed by atoms with Crippen molar-refractivity contribution >= 4 is 11.9 Å². The fraction of sp³-hybridized carbons (Fsp3) is 0.833. The molecule has 0 aromatic rings. The van der Waals surface area contributed by atoms with Crippen LogP contribution in [-0.4, -0.2) is 57.4 Å². The maximum atomic E-state index is 11.5. The van der Waals surface area contributed by atoms with Crippen molar-refractivity contribution in [3.63, 3.8) is 0 Å². The molecule has 19 heavy (non-hydrogen) atoms. The second-order valence-corrected chi connectivity index (χ2v) is 4.46. The number of carbonyl (C=O) groups is 2. The highest BCUT2D eigenvalue weighted by Crippen LogP contribution is 2.25. The smallest absolute Gasteiger partial charge is 0.338 e. The summed E-state index contributed by atoms with van der Waals surface area (Å²) < 4.78 is 25.0. The number of carbonyl (C=O) groups excluding carboxylic acids is 2. The van der Waals surface area contributed by atoms with Crippen LogP contribution in [0.2, 0.25) is 0 Å². The van der Waals surface area contributed by atoms with Crippen LogP contribution in [0.3, 0.4) is 0 Å². The molecule has 7 nitrogen and oxygen atoms in total. The van der Waals surface area contributed by atoms with Gasteiger partial charge in [-0.1, -0.05) is 0 Å². The predicted octanol–water partition coefficient (Wildman–Crippen LogP) is 0.261. The average molecular weight is 276 g/mol. The molecule has 0 unspecified atom stereocenters. The monoisotopic (exact) mass is 276 g/mol. The van der Waals surface area contributed by atoms with E-state index in [1.54, 1.807) is 21.0 Å². The highest BCUT2D eigenvalue weighted by molar-refractivity contribution is 5.83. The van der Waals surface area contributed by atoms with Crippen molar-refractivity contribution in [1.29, 1.82) is 0 Å². The predicted molar refractivity (Wildman–Crippen MR) is 63.3 cm³/mol. The molecule has 1 rings (SSSR count). The Bertz CT molecular complexity index is 313. The van der Waals surface area contributed by atoms with Crippen molar-refractivity contribution in [2.75, 3.05) is 33.5 Å². The van der Waals surface area contributed by atoms with E-state index in [9.17, 15) is 9.59 Å². The van der Waals surface area contributed by atoms with Gasteiger partial charge in [-0.2, -0.15) is 0 Å². The number of ether oxygens (including phenoxy) is 5.